The molecule has 1 aromatic heterocycles. The molecule has 1 aliphatic heterocycles. The molecule has 0 spiro atoms. The van der Waals surface area contributed by atoms with Gasteiger partial charge in [-0.1, -0.05) is 52.4 Å². The minimum atomic E-state index is -0.145. The predicted molar refractivity (Wildman–Crippen MR) is 108 cm³/mol. The molecule has 2 N–H and O–H groups in total. The fourth-order valence-electron chi connectivity index (χ4n) is 2.40. The highest BCUT2D eigenvalue weighted by Crippen LogP contribution is 2.30. The lowest BCUT2D eigenvalue weighted by Gasteiger charge is -2.08. The molecule has 1 unspecified atom stereocenters. The Morgan fingerprint density at radius 1 is 1.35 bits per heavy atom. The van der Waals surface area contributed by atoms with E-state index in [0.29, 0.717) is 27.9 Å². The molecule has 6 nitrogen and oxygen atoms in total. The van der Waals surface area contributed by atoms with Crippen LogP contribution in [-0.4, -0.2) is 41.1 Å². The molecule has 1 aromatic carbocycles. The lowest BCUT2D eigenvalue weighted by atomic mass is 10.2. The Balaban J connectivity index is 1.39. The highest BCUT2D eigenvalue weighted by Gasteiger charge is 2.16. The number of hydrogen-bond donors (Lipinski definition) is 2. The third-order valence-corrected chi connectivity index (χ3v) is 6.34. The molecule has 1 saturated heterocycles. The second-order valence-electron chi connectivity index (χ2n) is 5.63. The lowest BCUT2D eigenvalue weighted by molar-refractivity contribution is -0.115. The first-order chi connectivity index (χ1) is 12.6. The van der Waals surface area contributed by atoms with Crippen LogP contribution in [-0.2, 0) is 9.53 Å². The average molecular weight is 433 g/mol. The molecule has 3 rings (SSSR count). The van der Waals surface area contributed by atoms with Crippen LogP contribution in [0.2, 0.25) is 10.0 Å². The summed E-state index contributed by atoms with van der Waals surface area (Å²) in [5.74, 6) is 0.447. The van der Waals surface area contributed by atoms with Crippen molar-refractivity contribution in [3.63, 3.8) is 0 Å². The van der Waals surface area contributed by atoms with E-state index in [-0.39, 0.29) is 12.0 Å². The van der Waals surface area contributed by atoms with Crippen LogP contribution >= 0.6 is 46.3 Å². The number of anilines is 2. The minimum Gasteiger partial charge on any atom is -0.376 e. The summed E-state index contributed by atoms with van der Waals surface area (Å²) in [6, 6.07) is 5.10. The van der Waals surface area contributed by atoms with E-state index in [1.54, 1.807) is 18.2 Å². The van der Waals surface area contributed by atoms with Crippen molar-refractivity contribution in [2.45, 2.75) is 29.7 Å². The summed E-state index contributed by atoms with van der Waals surface area (Å²) < 4.78 is 6.39. The van der Waals surface area contributed by atoms with E-state index in [1.165, 1.54) is 23.1 Å². The quantitative estimate of drug-likeness (QED) is 0.595. The van der Waals surface area contributed by atoms with Gasteiger partial charge in [-0.2, -0.15) is 0 Å². The SMILES string of the molecule is O=C(CCSc1nnc(NCC2CCCO2)s1)Nc1c(Cl)cccc1Cl. The summed E-state index contributed by atoms with van der Waals surface area (Å²) in [4.78, 5) is 12.1. The zero-order valence-corrected chi connectivity index (χ0v) is 17.0. The third-order valence-electron chi connectivity index (χ3n) is 3.69. The van der Waals surface area contributed by atoms with E-state index >= 15 is 0 Å². The maximum atomic E-state index is 12.1. The molecule has 1 atom stereocenters. The van der Waals surface area contributed by atoms with Crippen LogP contribution in [0.15, 0.2) is 22.5 Å². The van der Waals surface area contributed by atoms with Gasteiger partial charge in [0.1, 0.15) is 0 Å². The van der Waals surface area contributed by atoms with Crippen LogP contribution in [0.5, 0.6) is 0 Å². The van der Waals surface area contributed by atoms with Crippen molar-refractivity contribution < 1.29 is 9.53 Å². The maximum Gasteiger partial charge on any atom is 0.225 e. The number of halogens is 2. The number of para-hydroxylation sites is 1. The first-order valence-electron chi connectivity index (χ1n) is 8.17. The van der Waals surface area contributed by atoms with Crippen molar-refractivity contribution in [1.29, 1.82) is 0 Å². The van der Waals surface area contributed by atoms with Crippen LogP contribution in [0.4, 0.5) is 10.8 Å². The molecular weight excluding hydrogens is 415 g/mol. The number of carbonyl (C=O) groups is 1. The van der Waals surface area contributed by atoms with Gasteiger partial charge in [-0.25, -0.2) is 0 Å². The number of nitrogens with zero attached hydrogens (tertiary/aromatic N) is 2. The Morgan fingerprint density at radius 3 is 2.88 bits per heavy atom. The second-order valence-corrected chi connectivity index (χ2v) is 8.77. The summed E-state index contributed by atoms with van der Waals surface area (Å²) in [6.07, 6.45) is 2.78. The number of thioether (sulfide) groups is 1. The number of carbonyl (C=O) groups excluding carboxylic acids is 1. The number of ether oxygens (including phenoxy) is 1. The fourth-order valence-corrected chi connectivity index (χ4v) is 4.66. The van der Waals surface area contributed by atoms with Gasteiger partial charge in [-0.15, -0.1) is 10.2 Å². The van der Waals surface area contributed by atoms with Crippen LogP contribution in [0.1, 0.15) is 19.3 Å². The van der Waals surface area contributed by atoms with Gasteiger partial charge in [0, 0.05) is 25.3 Å². The standard InChI is InChI=1S/C16H18Cl2N4O2S2/c17-11-4-1-5-12(18)14(11)20-13(23)6-8-25-16-22-21-15(26-16)19-9-10-3-2-7-24-10/h1,4-5,10H,2-3,6-9H2,(H,19,21)(H,20,23). The monoisotopic (exact) mass is 432 g/mol. The van der Waals surface area contributed by atoms with Gasteiger partial charge in [0.05, 0.1) is 21.8 Å². The number of hydrogen-bond acceptors (Lipinski definition) is 7. The van der Waals surface area contributed by atoms with Gasteiger partial charge in [0.25, 0.3) is 0 Å². The Bertz CT molecular complexity index is 733. The van der Waals surface area contributed by atoms with Crippen molar-refractivity contribution in [3.05, 3.63) is 28.2 Å². The van der Waals surface area contributed by atoms with Crippen molar-refractivity contribution in [1.82, 2.24) is 10.2 Å². The molecule has 26 heavy (non-hydrogen) atoms. The van der Waals surface area contributed by atoms with Crippen molar-refractivity contribution >= 4 is 63.0 Å². The first-order valence-corrected chi connectivity index (χ1v) is 10.7. The van der Waals surface area contributed by atoms with Gasteiger partial charge in [-0.3, -0.25) is 4.79 Å². The van der Waals surface area contributed by atoms with Crippen LogP contribution in [0.3, 0.4) is 0 Å². The van der Waals surface area contributed by atoms with E-state index in [1.807, 2.05) is 0 Å². The molecule has 1 fully saturated rings. The van der Waals surface area contributed by atoms with Gasteiger partial charge in [0.15, 0.2) is 4.34 Å². The van der Waals surface area contributed by atoms with Gasteiger partial charge >= 0.3 is 0 Å². The molecule has 0 aliphatic carbocycles. The highest BCUT2D eigenvalue weighted by molar-refractivity contribution is 8.01. The summed E-state index contributed by atoms with van der Waals surface area (Å²) in [7, 11) is 0. The predicted octanol–water partition coefficient (Wildman–Crippen LogP) is 4.56. The van der Waals surface area contributed by atoms with Crippen LogP contribution in [0.25, 0.3) is 0 Å². The molecule has 1 amide bonds. The maximum absolute atomic E-state index is 12.1. The minimum absolute atomic E-state index is 0.145. The fraction of sp³-hybridized carbons (Fsp3) is 0.438. The zero-order valence-electron chi connectivity index (χ0n) is 13.8. The first kappa shape index (κ1) is 19.7. The Labute approximate surface area is 170 Å². The van der Waals surface area contributed by atoms with E-state index < -0.39 is 0 Å². The molecule has 0 radical (unpaired) electrons. The molecule has 2 heterocycles. The van der Waals surface area contributed by atoms with Gasteiger partial charge in [-0.05, 0) is 25.0 Å². The molecule has 0 saturated carbocycles. The summed E-state index contributed by atoms with van der Waals surface area (Å²) >= 11 is 15.1. The molecule has 0 bridgehead atoms. The number of amides is 1. The molecule has 140 valence electrons. The van der Waals surface area contributed by atoms with E-state index in [4.69, 9.17) is 27.9 Å². The Hall–Kier alpha value is -1.06. The Kier molecular flexibility index (Phi) is 7.39. The van der Waals surface area contributed by atoms with Crippen LogP contribution < -0.4 is 10.6 Å². The number of benzene rings is 1. The molecule has 1 aliphatic rings. The summed E-state index contributed by atoms with van der Waals surface area (Å²) in [6.45, 7) is 1.59. The summed E-state index contributed by atoms with van der Waals surface area (Å²) in [5.41, 5.74) is 0.447. The highest BCUT2D eigenvalue weighted by atomic mass is 35.5. The van der Waals surface area contributed by atoms with Gasteiger partial charge < -0.3 is 15.4 Å². The number of aromatic nitrogens is 2. The normalized spacial score (nSPS) is 16.6. The molecule has 2 aromatic rings. The van der Waals surface area contributed by atoms with Gasteiger partial charge in [0.2, 0.25) is 11.0 Å². The van der Waals surface area contributed by atoms with E-state index in [2.05, 4.69) is 20.8 Å². The lowest BCUT2D eigenvalue weighted by Crippen LogP contribution is -2.18. The average Bonchev–Trinajstić information content (AvgIpc) is 3.28. The molecule has 10 heteroatoms. The largest absolute Gasteiger partial charge is 0.376 e. The smallest absolute Gasteiger partial charge is 0.225 e. The van der Waals surface area contributed by atoms with Crippen molar-refractivity contribution in [2.24, 2.45) is 0 Å². The third kappa shape index (κ3) is 5.72. The van der Waals surface area contributed by atoms with Crippen molar-refractivity contribution in [3.8, 4) is 0 Å². The van der Waals surface area contributed by atoms with E-state index in [0.717, 1.165) is 35.5 Å². The second kappa shape index (κ2) is 9.75. The number of nitrogens with one attached hydrogen (secondary N) is 2. The van der Waals surface area contributed by atoms with Crippen LogP contribution in [0, 0.1) is 0 Å². The summed E-state index contributed by atoms with van der Waals surface area (Å²) in [5, 5.41) is 15.8. The topological polar surface area (TPSA) is 76.1 Å². The van der Waals surface area contributed by atoms with E-state index in [9.17, 15) is 4.79 Å². The Morgan fingerprint density at radius 2 is 2.15 bits per heavy atom. The van der Waals surface area contributed by atoms with Crippen molar-refractivity contribution in [2.75, 3.05) is 29.5 Å². The zero-order chi connectivity index (χ0) is 18.4. The number of rotatable bonds is 8. The molecular formula is C16H18Cl2N4O2S2.